The van der Waals surface area contributed by atoms with Crippen molar-refractivity contribution in [2.24, 2.45) is 0 Å². The van der Waals surface area contributed by atoms with Gasteiger partial charge in [0, 0.05) is 26.1 Å². The average molecular weight is 499 g/mol. The molecule has 0 saturated carbocycles. The zero-order chi connectivity index (χ0) is 26.0. The molecule has 3 nitrogen and oxygen atoms in total. The van der Waals surface area contributed by atoms with E-state index in [1.165, 1.54) is 141 Å². The highest BCUT2D eigenvalue weighted by Crippen LogP contribution is 2.27. The van der Waals surface area contributed by atoms with Crippen LogP contribution in [0.2, 0.25) is 0 Å². The molecule has 0 amide bonds. The van der Waals surface area contributed by atoms with E-state index in [-0.39, 0.29) is 13.2 Å². The smallest absolute Gasteiger partial charge is 0.0910 e. The summed E-state index contributed by atoms with van der Waals surface area (Å²) in [5.41, 5.74) is 0. The molecule has 0 aliphatic heterocycles. The van der Waals surface area contributed by atoms with Crippen molar-refractivity contribution in [1.29, 1.82) is 0 Å². The van der Waals surface area contributed by atoms with Crippen LogP contribution in [0.1, 0.15) is 168 Å². The van der Waals surface area contributed by atoms with E-state index in [0.29, 0.717) is 12.1 Å². The lowest BCUT2D eigenvalue weighted by Crippen LogP contribution is -2.56. The van der Waals surface area contributed by atoms with Gasteiger partial charge in [-0.05, 0) is 25.7 Å². The van der Waals surface area contributed by atoms with E-state index in [1.54, 1.807) is 0 Å². The number of aliphatic hydroxyl groups is 2. The van der Waals surface area contributed by atoms with Crippen molar-refractivity contribution in [3.63, 3.8) is 0 Å². The Kier molecular flexibility index (Phi) is 25.4. The van der Waals surface area contributed by atoms with Crippen molar-refractivity contribution in [1.82, 2.24) is 0 Å². The van der Waals surface area contributed by atoms with Gasteiger partial charge < -0.3 is 14.7 Å². The lowest BCUT2D eigenvalue weighted by atomic mass is 9.95. The molecule has 0 saturated heterocycles. The van der Waals surface area contributed by atoms with Crippen LogP contribution in [0.25, 0.3) is 0 Å². The molecule has 2 N–H and O–H groups in total. The molecule has 0 aliphatic rings. The van der Waals surface area contributed by atoms with Crippen molar-refractivity contribution in [2.75, 3.05) is 27.3 Å². The summed E-state index contributed by atoms with van der Waals surface area (Å²) in [5.74, 6) is 0. The first-order valence-electron chi connectivity index (χ1n) is 16.1. The minimum Gasteiger partial charge on any atom is -0.396 e. The van der Waals surface area contributed by atoms with E-state index in [1.807, 2.05) is 0 Å². The fraction of sp³-hybridized carbons (Fsp3) is 1.00. The summed E-state index contributed by atoms with van der Waals surface area (Å²) in [4.78, 5) is 0. The van der Waals surface area contributed by atoms with Gasteiger partial charge in [0.25, 0.3) is 0 Å². The molecule has 0 spiro atoms. The average Bonchev–Trinajstić information content (AvgIpc) is 2.84. The number of hydrogen-bond acceptors (Lipinski definition) is 2. The molecule has 35 heavy (non-hydrogen) atoms. The van der Waals surface area contributed by atoms with E-state index in [2.05, 4.69) is 27.9 Å². The summed E-state index contributed by atoms with van der Waals surface area (Å²) < 4.78 is 0.968. The number of nitrogens with zero attached hydrogens (tertiary/aromatic N) is 1. The first-order chi connectivity index (χ1) is 17.0. The Morgan fingerprint density at radius 1 is 0.400 bits per heavy atom. The third-order valence-corrected chi connectivity index (χ3v) is 8.59. The summed E-state index contributed by atoms with van der Waals surface area (Å²) in [7, 11) is 4.74. The maximum absolute atomic E-state index is 9.78. The summed E-state index contributed by atoms with van der Waals surface area (Å²) in [6.07, 6.45) is 31.7. The number of hydrogen-bond donors (Lipinski definition) is 2. The van der Waals surface area contributed by atoms with Gasteiger partial charge in [0.2, 0.25) is 0 Å². The van der Waals surface area contributed by atoms with Crippen molar-refractivity contribution in [3.05, 3.63) is 0 Å². The van der Waals surface area contributed by atoms with Gasteiger partial charge >= 0.3 is 0 Å². The highest BCUT2D eigenvalue weighted by Gasteiger charge is 2.34. The van der Waals surface area contributed by atoms with Crippen LogP contribution in [0.4, 0.5) is 0 Å². The van der Waals surface area contributed by atoms with Crippen LogP contribution in [-0.2, 0) is 0 Å². The SMILES string of the molecule is CCCCCCCCCCCCC(CCO)[N+](C)(C)C(CCO)CCCCCCCCCCCC. The van der Waals surface area contributed by atoms with Crippen LogP contribution >= 0.6 is 0 Å². The molecule has 2 unspecified atom stereocenters. The van der Waals surface area contributed by atoms with Gasteiger partial charge in [-0.2, -0.15) is 0 Å². The van der Waals surface area contributed by atoms with E-state index in [0.717, 1.165) is 17.3 Å². The zero-order valence-corrected chi connectivity index (χ0v) is 24.9. The van der Waals surface area contributed by atoms with Gasteiger partial charge in [0.05, 0.1) is 26.2 Å². The van der Waals surface area contributed by atoms with Crippen LogP contribution in [0.15, 0.2) is 0 Å². The van der Waals surface area contributed by atoms with Crippen LogP contribution in [0.3, 0.4) is 0 Å². The molecule has 0 bridgehead atoms. The lowest BCUT2D eigenvalue weighted by molar-refractivity contribution is -0.940. The van der Waals surface area contributed by atoms with Crippen molar-refractivity contribution < 1.29 is 14.7 Å². The molecule has 2 atom stereocenters. The zero-order valence-electron chi connectivity index (χ0n) is 24.9. The Morgan fingerprint density at radius 2 is 0.657 bits per heavy atom. The fourth-order valence-corrected chi connectivity index (χ4v) is 5.95. The molecule has 0 heterocycles. The third kappa shape index (κ3) is 19.6. The second kappa shape index (κ2) is 25.5. The second-order valence-electron chi connectivity index (χ2n) is 11.9. The van der Waals surface area contributed by atoms with E-state index in [4.69, 9.17) is 0 Å². The van der Waals surface area contributed by atoms with Gasteiger partial charge in [-0.3, -0.25) is 0 Å². The Bertz CT molecular complexity index is 376. The summed E-state index contributed by atoms with van der Waals surface area (Å²) >= 11 is 0. The fourth-order valence-electron chi connectivity index (χ4n) is 5.95. The van der Waals surface area contributed by atoms with Crippen LogP contribution in [0, 0.1) is 0 Å². The van der Waals surface area contributed by atoms with E-state index < -0.39 is 0 Å². The molecule has 0 aromatic carbocycles. The van der Waals surface area contributed by atoms with Crippen molar-refractivity contribution in [3.8, 4) is 0 Å². The first-order valence-corrected chi connectivity index (χ1v) is 16.1. The highest BCUT2D eigenvalue weighted by atomic mass is 16.3. The maximum atomic E-state index is 9.78. The Balaban J connectivity index is 4.24. The van der Waals surface area contributed by atoms with Gasteiger partial charge in [-0.1, -0.05) is 129 Å². The normalized spacial score (nSPS) is 13.9. The number of aliphatic hydroxyl groups excluding tert-OH is 2. The topological polar surface area (TPSA) is 40.5 Å². The lowest BCUT2D eigenvalue weighted by Gasteiger charge is -2.45. The molecule has 0 rings (SSSR count). The molecule has 212 valence electrons. The van der Waals surface area contributed by atoms with Gasteiger partial charge in [0.15, 0.2) is 0 Å². The summed E-state index contributed by atoms with van der Waals surface area (Å²) in [6.45, 7) is 5.14. The van der Waals surface area contributed by atoms with Crippen LogP contribution in [-0.4, -0.2) is 54.1 Å². The second-order valence-corrected chi connectivity index (χ2v) is 11.9. The predicted octanol–water partition coefficient (Wildman–Crippen LogP) is 9.19. The number of unbranched alkanes of at least 4 members (excludes halogenated alkanes) is 18. The van der Waals surface area contributed by atoms with E-state index >= 15 is 0 Å². The Labute approximate surface area is 222 Å². The molecule has 3 heteroatoms. The van der Waals surface area contributed by atoms with Gasteiger partial charge in [0.1, 0.15) is 0 Å². The van der Waals surface area contributed by atoms with Crippen molar-refractivity contribution in [2.45, 2.75) is 180 Å². The molecule has 0 aromatic rings. The van der Waals surface area contributed by atoms with Crippen LogP contribution < -0.4 is 0 Å². The van der Waals surface area contributed by atoms with Gasteiger partial charge in [-0.25, -0.2) is 0 Å². The molecular weight excluding hydrogens is 430 g/mol. The first kappa shape index (κ1) is 34.9. The predicted molar refractivity (Wildman–Crippen MR) is 156 cm³/mol. The molecule has 0 aromatic heterocycles. The Morgan fingerprint density at radius 3 is 0.914 bits per heavy atom. The maximum Gasteiger partial charge on any atom is 0.0910 e. The molecule has 0 fully saturated rings. The molecular formula is C32H68NO2+. The van der Waals surface area contributed by atoms with E-state index in [9.17, 15) is 10.2 Å². The standard InChI is InChI=1S/C32H68NO2/c1-5-7-9-11-13-15-17-19-21-23-25-31(27-29-34)33(3,4)32(28-30-35)26-24-22-20-18-16-14-12-10-8-6-2/h31-32,34-35H,5-30H2,1-4H3/q+1. The largest absolute Gasteiger partial charge is 0.396 e. The summed E-state index contributed by atoms with van der Waals surface area (Å²) in [6, 6.07) is 1.02. The minimum atomic E-state index is 0.286. The number of rotatable bonds is 28. The van der Waals surface area contributed by atoms with Gasteiger partial charge in [-0.15, -0.1) is 0 Å². The number of quaternary nitrogens is 1. The molecule has 0 aliphatic carbocycles. The summed E-state index contributed by atoms with van der Waals surface area (Å²) in [5, 5.41) is 19.6. The Hall–Kier alpha value is -0.120. The van der Waals surface area contributed by atoms with Crippen molar-refractivity contribution >= 4 is 0 Å². The third-order valence-electron chi connectivity index (χ3n) is 8.59. The van der Waals surface area contributed by atoms with Crippen LogP contribution in [0.5, 0.6) is 0 Å². The monoisotopic (exact) mass is 499 g/mol. The minimum absolute atomic E-state index is 0.286. The highest BCUT2D eigenvalue weighted by molar-refractivity contribution is 4.67. The quantitative estimate of drug-likeness (QED) is 0.0833. The molecule has 0 radical (unpaired) electrons.